The first-order valence-electron chi connectivity index (χ1n) is 6.93. The van der Waals surface area contributed by atoms with Crippen molar-refractivity contribution in [3.05, 3.63) is 29.8 Å². The number of ether oxygens (including phenoxy) is 1. The molecule has 6 nitrogen and oxygen atoms in total. The van der Waals surface area contributed by atoms with Crippen LogP contribution in [0.4, 0.5) is 5.69 Å². The molecule has 0 heterocycles. The van der Waals surface area contributed by atoms with Gasteiger partial charge < -0.3 is 20.7 Å². The van der Waals surface area contributed by atoms with Gasteiger partial charge in [0.05, 0.1) is 6.61 Å². The third-order valence-corrected chi connectivity index (χ3v) is 2.96. The van der Waals surface area contributed by atoms with Crippen molar-refractivity contribution in [2.45, 2.75) is 13.8 Å². The highest BCUT2D eigenvalue weighted by Crippen LogP contribution is 2.09. The standard InChI is InChI=1S/C15H21N3O3S/c1-10(2)13(19)18-15(22)17-12-6-4-11(5-7-12)14(20)16-8-9-21-3/h4-7,10H,8-9H2,1-3H3,(H,16,20)(H2,17,18,19,22). The first-order chi connectivity index (χ1) is 10.4. The first-order valence-corrected chi connectivity index (χ1v) is 7.34. The number of carbonyl (C=O) groups excluding carboxylic acids is 2. The van der Waals surface area contributed by atoms with E-state index in [-0.39, 0.29) is 22.8 Å². The van der Waals surface area contributed by atoms with E-state index in [0.29, 0.717) is 24.4 Å². The molecule has 2 amide bonds. The number of hydrogen-bond donors (Lipinski definition) is 3. The fraction of sp³-hybridized carbons (Fsp3) is 0.400. The van der Waals surface area contributed by atoms with Crippen LogP contribution in [0.3, 0.4) is 0 Å². The number of hydrogen-bond acceptors (Lipinski definition) is 4. The van der Waals surface area contributed by atoms with Crippen LogP contribution in [0.1, 0.15) is 24.2 Å². The number of methoxy groups -OCH3 is 1. The maximum atomic E-state index is 11.8. The number of benzene rings is 1. The number of rotatable bonds is 6. The molecule has 1 rings (SSSR count). The highest BCUT2D eigenvalue weighted by Gasteiger charge is 2.09. The van der Waals surface area contributed by atoms with E-state index in [1.54, 1.807) is 45.2 Å². The summed E-state index contributed by atoms with van der Waals surface area (Å²) in [4.78, 5) is 23.3. The van der Waals surface area contributed by atoms with Crippen LogP contribution >= 0.6 is 12.2 Å². The molecule has 0 spiro atoms. The topological polar surface area (TPSA) is 79.5 Å². The lowest BCUT2D eigenvalue weighted by atomic mass is 10.2. The van der Waals surface area contributed by atoms with Crippen molar-refractivity contribution >= 4 is 34.8 Å². The van der Waals surface area contributed by atoms with Gasteiger partial charge >= 0.3 is 0 Å². The molecule has 0 unspecified atom stereocenters. The zero-order valence-corrected chi connectivity index (χ0v) is 13.8. The van der Waals surface area contributed by atoms with Crippen LogP contribution in [-0.2, 0) is 9.53 Å². The van der Waals surface area contributed by atoms with Crippen LogP contribution in [0, 0.1) is 5.92 Å². The third-order valence-electron chi connectivity index (χ3n) is 2.76. The Balaban J connectivity index is 2.52. The summed E-state index contributed by atoms with van der Waals surface area (Å²) in [5.74, 6) is -0.455. The van der Waals surface area contributed by atoms with Crippen molar-refractivity contribution in [2.24, 2.45) is 5.92 Å². The van der Waals surface area contributed by atoms with Gasteiger partial charge in [-0.05, 0) is 36.5 Å². The van der Waals surface area contributed by atoms with Crippen LogP contribution in [-0.4, -0.2) is 37.2 Å². The maximum Gasteiger partial charge on any atom is 0.251 e. The normalized spacial score (nSPS) is 10.2. The first kappa shape index (κ1) is 18.1. The lowest BCUT2D eigenvalue weighted by Gasteiger charge is -2.11. The van der Waals surface area contributed by atoms with E-state index in [1.807, 2.05) is 0 Å². The van der Waals surface area contributed by atoms with Crippen molar-refractivity contribution < 1.29 is 14.3 Å². The second-order valence-corrected chi connectivity index (χ2v) is 5.33. The van der Waals surface area contributed by atoms with Gasteiger partial charge in [0.25, 0.3) is 5.91 Å². The van der Waals surface area contributed by atoms with E-state index in [1.165, 1.54) is 0 Å². The molecule has 7 heteroatoms. The molecule has 0 aromatic heterocycles. The van der Waals surface area contributed by atoms with E-state index >= 15 is 0 Å². The van der Waals surface area contributed by atoms with Gasteiger partial charge in [0.2, 0.25) is 5.91 Å². The number of anilines is 1. The summed E-state index contributed by atoms with van der Waals surface area (Å²) in [6.45, 7) is 4.50. The molecule has 0 aliphatic heterocycles. The van der Waals surface area contributed by atoms with Crippen molar-refractivity contribution in [1.82, 2.24) is 10.6 Å². The molecule has 1 aromatic rings. The predicted molar refractivity (Wildman–Crippen MR) is 89.9 cm³/mol. The van der Waals surface area contributed by atoms with Crippen molar-refractivity contribution in [3.8, 4) is 0 Å². The minimum absolute atomic E-state index is 0.141. The summed E-state index contributed by atoms with van der Waals surface area (Å²) in [5.41, 5.74) is 1.24. The van der Waals surface area contributed by atoms with E-state index < -0.39 is 0 Å². The SMILES string of the molecule is COCCNC(=O)c1ccc(NC(=S)NC(=O)C(C)C)cc1. The molecule has 0 fully saturated rings. The predicted octanol–water partition coefficient (Wildman–Crippen LogP) is 1.53. The van der Waals surface area contributed by atoms with Crippen molar-refractivity contribution in [1.29, 1.82) is 0 Å². The Morgan fingerprint density at radius 1 is 1.23 bits per heavy atom. The van der Waals surface area contributed by atoms with Crippen LogP contribution in [0.25, 0.3) is 0 Å². The summed E-state index contributed by atoms with van der Waals surface area (Å²) < 4.78 is 4.87. The van der Waals surface area contributed by atoms with Gasteiger partial charge in [-0.25, -0.2) is 0 Å². The lowest BCUT2D eigenvalue weighted by Crippen LogP contribution is -2.36. The molecule has 3 N–H and O–H groups in total. The van der Waals surface area contributed by atoms with E-state index in [4.69, 9.17) is 17.0 Å². The minimum Gasteiger partial charge on any atom is -0.383 e. The molecule has 0 bridgehead atoms. The summed E-state index contributed by atoms with van der Waals surface area (Å²) in [6, 6.07) is 6.80. The molecule has 22 heavy (non-hydrogen) atoms. The smallest absolute Gasteiger partial charge is 0.251 e. The molecule has 0 saturated heterocycles. The summed E-state index contributed by atoms with van der Waals surface area (Å²) in [7, 11) is 1.58. The summed E-state index contributed by atoms with van der Waals surface area (Å²) in [6.07, 6.45) is 0. The van der Waals surface area contributed by atoms with Gasteiger partial charge in [0.1, 0.15) is 0 Å². The van der Waals surface area contributed by atoms with Gasteiger partial charge in [-0.2, -0.15) is 0 Å². The second-order valence-electron chi connectivity index (χ2n) is 4.92. The molecule has 0 aliphatic carbocycles. The Labute approximate surface area is 135 Å². The summed E-state index contributed by atoms with van der Waals surface area (Å²) in [5, 5.41) is 8.45. The zero-order valence-electron chi connectivity index (χ0n) is 12.9. The quantitative estimate of drug-likeness (QED) is 0.546. The Hall–Kier alpha value is -1.99. The van der Waals surface area contributed by atoms with E-state index in [0.717, 1.165) is 0 Å². The average Bonchev–Trinajstić information content (AvgIpc) is 2.47. The second kappa shape index (κ2) is 9.11. The van der Waals surface area contributed by atoms with Crippen LogP contribution in [0.5, 0.6) is 0 Å². The monoisotopic (exact) mass is 323 g/mol. The van der Waals surface area contributed by atoms with Crippen LogP contribution in [0.2, 0.25) is 0 Å². The fourth-order valence-corrected chi connectivity index (χ4v) is 1.71. The molecule has 0 atom stereocenters. The summed E-state index contributed by atoms with van der Waals surface area (Å²) >= 11 is 5.05. The van der Waals surface area contributed by atoms with Crippen LogP contribution < -0.4 is 16.0 Å². The van der Waals surface area contributed by atoms with Gasteiger partial charge in [-0.15, -0.1) is 0 Å². The number of amides is 2. The Kier molecular flexibility index (Phi) is 7.48. The van der Waals surface area contributed by atoms with Gasteiger partial charge in [-0.3, -0.25) is 9.59 Å². The molecule has 0 saturated carbocycles. The highest BCUT2D eigenvalue weighted by molar-refractivity contribution is 7.80. The fourth-order valence-electron chi connectivity index (χ4n) is 1.49. The average molecular weight is 323 g/mol. The molecule has 0 radical (unpaired) electrons. The number of thiocarbonyl (C=S) groups is 1. The van der Waals surface area contributed by atoms with Crippen molar-refractivity contribution in [2.75, 3.05) is 25.6 Å². The highest BCUT2D eigenvalue weighted by atomic mass is 32.1. The molecule has 1 aromatic carbocycles. The number of carbonyl (C=O) groups is 2. The van der Waals surface area contributed by atoms with E-state index in [9.17, 15) is 9.59 Å². The van der Waals surface area contributed by atoms with Gasteiger partial charge in [0.15, 0.2) is 5.11 Å². The lowest BCUT2D eigenvalue weighted by molar-refractivity contribution is -0.122. The molecule has 120 valence electrons. The number of nitrogens with one attached hydrogen (secondary N) is 3. The van der Waals surface area contributed by atoms with Gasteiger partial charge in [-0.1, -0.05) is 13.8 Å². The zero-order chi connectivity index (χ0) is 16.5. The minimum atomic E-state index is -0.167. The van der Waals surface area contributed by atoms with E-state index in [2.05, 4.69) is 16.0 Å². The Morgan fingerprint density at radius 2 is 1.86 bits per heavy atom. The molecule has 0 aliphatic rings. The van der Waals surface area contributed by atoms with Crippen LogP contribution in [0.15, 0.2) is 24.3 Å². The molecular weight excluding hydrogens is 302 g/mol. The van der Waals surface area contributed by atoms with Gasteiger partial charge in [0, 0.05) is 30.8 Å². The Bertz CT molecular complexity index is 529. The Morgan fingerprint density at radius 3 is 2.41 bits per heavy atom. The largest absolute Gasteiger partial charge is 0.383 e. The maximum absolute atomic E-state index is 11.8. The van der Waals surface area contributed by atoms with Crippen molar-refractivity contribution in [3.63, 3.8) is 0 Å². The third kappa shape index (κ3) is 6.19. The molecular formula is C15H21N3O3S.